The molecule has 0 spiro atoms. The van der Waals surface area contributed by atoms with Gasteiger partial charge in [-0.25, -0.2) is 0 Å². The van der Waals surface area contributed by atoms with E-state index in [1.54, 1.807) is 10.9 Å². The predicted octanol–water partition coefficient (Wildman–Crippen LogP) is 1.48. The van der Waals surface area contributed by atoms with E-state index in [9.17, 15) is 9.90 Å². The highest BCUT2D eigenvalue weighted by Crippen LogP contribution is 2.31. The second-order valence-corrected chi connectivity index (χ2v) is 6.55. The van der Waals surface area contributed by atoms with E-state index in [0.29, 0.717) is 25.3 Å². The number of pyridine rings is 1. The average molecular weight is 328 g/mol. The van der Waals surface area contributed by atoms with Gasteiger partial charge in [-0.2, -0.15) is 5.10 Å². The van der Waals surface area contributed by atoms with Gasteiger partial charge in [-0.1, -0.05) is 6.07 Å². The lowest BCUT2D eigenvalue weighted by atomic mass is 9.76. The number of aliphatic hydroxyl groups is 1. The van der Waals surface area contributed by atoms with Crippen molar-refractivity contribution in [3.8, 4) is 0 Å². The number of aliphatic hydroxyl groups excluding tert-OH is 1. The molecule has 1 unspecified atom stereocenters. The van der Waals surface area contributed by atoms with Crippen LogP contribution in [0.25, 0.3) is 0 Å². The minimum atomic E-state index is -0.231. The summed E-state index contributed by atoms with van der Waals surface area (Å²) >= 11 is 0. The summed E-state index contributed by atoms with van der Waals surface area (Å²) in [5.74, 6) is 0.336. The molecule has 2 aromatic rings. The van der Waals surface area contributed by atoms with Crippen molar-refractivity contribution in [2.45, 2.75) is 51.3 Å². The Morgan fingerprint density at radius 3 is 2.88 bits per heavy atom. The van der Waals surface area contributed by atoms with Crippen molar-refractivity contribution in [2.24, 2.45) is 5.92 Å². The van der Waals surface area contributed by atoms with E-state index in [1.807, 2.05) is 37.4 Å². The molecule has 0 bridgehead atoms. The molecule has 6 nitrogen and oxygen atoms in total. The number of nitrogens with one attached hydrogen (secondary N) is 1. The third kappa shape index (κ3) is 4.41. The zero-order valence-corrected chi connectivity index (χ0v) is 13.9. The van der Waals surface area contributed by atoms with E-state index in [1.165, 1.54) is 0 Å². The van der Waals surface area contributed by atoms with Crippen LogP contribution in [0.4, 0.5) is 0 Å². The smallest absolute Gasteiger partial charge is 0.222 e. The fourth-order valence-electron chi connectivity index (χ4n) is 3.12. The maximum absolute atomic E-state index is 12.3. The summed E-state index contributed by atoms with van der Waals surface area (Å²) in [4.78, 5) is 16.7. The Balaban J connectivity index is 1.55. The van der Waals surface area contributed by atoms with Crippen molar-refractivity contribution < 1.29 is 9.90 Å². The van der Waals surface area contributed by atoms with Crippen molar-refractivity contribution in [1.82, 2.24) is 20.1 Å². The fraction of sp³-hybridized carbons (Fsp3) is 0.500. The molecule has 2 N–H and O–H groups in total. The lowest BCUT2D eigenvalue weighted by Crippen LogP contribution is -2.48. The molecule has 3 rings (SSSR count). The van der Waals surface area contributed by atoms with Gasteiger partial charge >= 0.3 is 0 Å². The zero-order valence-electron chi connectivity index (χ0n) is 13.9. The van der Waals surface area contributed by atoms with Crippen molar-refractivity contribution in [2.75, 3.05) is 0 Å². The van der Waals surface area contributed by atoms with E-state index >= 15 is 0 Å². The summed E-state index contributed by atoms with van der Waals surface area (Å²) in [5, 5.41) is 17.0. The summed E-state index contributed by atoms with van der Waals surface area (Å²) < 4.78 is 1.79. The van der Waals surface area contributed by atoms with Gasteiger partial charge < -0.3 is 10.4 Å². The zero-order chi connectivity index (χ0) is 16.9. The Hall–Kier alpha value is -2.21. The van der Waals surface area contributed by atoms with Crippen molar-refractivity contribution in [1.29, 1.82) is 0 Å². The Bertz CT molecular complexity index is 665. The molecule has 0 aliphatic heterocycles. The van der Waals surface area contributed by atoms with Crippen molar-refractivity contribution in [3.05, 3.63) is 48.0 Å². The lowest BCUT2D eigenvalue weighted by molar-refractivity contribution is -0.123. The predicted molar refractivity (Wildman–Crippen MR) is 90.2 cm³/mol. The normalized spacial score (nSPS) is 21.1. The van der Waals surface area contributed by atoms with Gasteiger partial charge in [0.1, 0.15) is 0 Å². The summed E-state index contributed by atoms with van der Waals surface area (Å²) in [5.41, 5.74) is 1.92. The molecule has 128 valence electrons. The van der Waals surface area contributed by atoms with Crippen LogP contribution in [0, 0.1) is 12.8 Å². The second kappa shape index (κ2) is 7.57. The fourth-order valence-corrected chi connectivity index (χ4v) is 3.12. The molecule has 6 heteroatoms. The Morgan fingerprint density at radius 1 is 1.42 bits per heavy atom. The number of aryl methyl sites for hydroxylation is 2. The summed E-state index contributed by atoms with van der Waals surface area (Å²) in [6, 6.07) is 7.76. The highest BCUT2D eigenvalue weighted by Gasteiger charge is 2.34. The van der Waals surface area contributed by atoms with E-state index in [-0.39, 0.29) is 18.1 Å². The first-order valence-electron chi connectivity index (χ1n) is 8.47. The number of carbonyl (C=O) groups is 1. The molecule has 1 aliphatic carbocycles. The van der Waals surface area contributed by atoms with Gasteiger partial charge in [0.15, 0.2) is 0 Å². The van der Waals surface area contributed by atoms with Crippen LogP contribution >= 0.6 is 0 Å². The molecule has 1 aliphatic rings. The van der Waals surface area contributed by atoms with Gasteiger partial charge in [-0.15, -0.1) is 0 Å². The third-order valence-electron chi connectivity index (χ3n) is 4.56. The average Bonchev–Trinajstić information content (AvgIpc) is 2.96. The second-order valence-electron chi connectivity index (χ2n) is 6.55. The van der Waals surface area contributed by atoms with E-state index < -0.39 is 0 Å². The topological polar surface area (TPSA) is 80.0 Å². The van der Waals surface area contributed by atoms with Crippen LogP contribution in [-0.2, 0) is 17.8 Å². The molecule has 2 aromatic heterocycles. The molecule has 0 saturated heterocycles. The molecule has 2 heterocycles. The maximum atomic E-state index is 12.3. The molecule has 0 aromatic carbocycles. The number of carbonyl (C=O) groups excluding carboxylic acids is 1. The van der Waals surface area contributed by atoms with Crippen LogP contribution in [-0.4, -0.2) is 37.9 Å². The van der Waals surface area contributed by atoms with Crippen LogP contribution in [0.2, 0.25) is 0 Å². The van der Waals surface area contributed by atoms with E-state index in [2.05, 4.69) is 15.4 Å². The number of hydrogen-bond acceptors (Lipinski definition) is 4. The van der Waals surface area contributed by atoms with Gasteiger partial charge in [0, 0.05) is 43.5 Å². The summed E-state index contributed by atoms with van der Waals surface area (Å²) in [6.07, 6.45) is 6.01. The van der Waals surface area contributed by atoms with E-state index in [0.717, 1.165) is 24.2 Å². The molecule has 0 radical (unpaired) electrons. The number of aromatic nitrogens is 3. The molecule has 1 amide bonds. The highest BCUT2D eigenvalue weighted by atomic mass is 16.3. The molecule has 1 saturated carbocycles. The van der Waals surface area contributed by atoms with E-state index in [4.69, 9.17) is 0 Å². The number of rotatable bonds is 7. The van der Waals surface area contributed by atoms with Crippen LogP contribution in [0.15, 0.2) is 36.7 Å². The summed E-state index contributed by atoms with van der Waals surface area (Å²) in [7, 11) is 0. The first kappa shape index (κ1) is 16.6. The first-order valence-corrected chi connectivity index (χ1v) is 8.47. The molecular weight excluding hydrogens is 304 g/mol. The molecular formula is C18H24N4O2. The van der Waals surface area contributed by atoms with Crippen LogP contribution < -0.4 is 5.32 Å². The van der Waals surface area contributed by atoms with Gasteiger partial charge in [0.25, 0.3) is 0 Å². The highest BCUT2D eigenvalue weighted by molar-refractivity contribution is 5.76. The largest absolute Gasteiger partial charge is 0.393 e. The third-order valence-corrected chi connectivity index (χ3v) is 4.56. The molecule has 24 heavy (non-hydrogen) atoms. The van der Waals surface area contributed by atoms with Crippen molar-refractivity contribution >= 4 is 5.91 Å². The van der Waals surface area contributed by atoms with Crippen LogP contribution in [0.1, 0.15) is 30.7 Å². The van der Waals surface area contributed by atoms with Gasteiger partial charge in [0.05, 0.1) is 11.8 Å². The van der Waals surface area contributed by atoms with Crippen LogP contribution in [0.3, 0.4) is 0 Å². The van der Waals surface area contributed by atoms with Gasteiger partial charge in [-0.05, 0) is 43.9 Å². The standard InChI is InChI=1S/C18H24N4O2/c1-13-5-8-22(21-13)9-6-18(24)20-17(14-10-16(23)11-14)12-15-4-2-3-7-19-15/h2-5,7-8,14,16-17,23H,6,9-12H2,1H3,(H,20,24). The van der Waals surface area contributed by atoms with Gasteiger partial charge in [-0.3, -0.25) is 14.5 Å². The number of nitrogens with zero attached hydrogens (tertiary/aromatic N) is 3. The number of amides is 1. The maximum Gasteiger partial charge on any atom is 0.222 e. The Labute approximate surface area is 141 Å². The Kier molecular flexibility index (Phi) is 5.25. The quantitative estimate of drug-likeness (QED) is 0.807. The summed E-state index contributed by atoms with van der Waals surface area (Å²) in [6.45, 7) is 2.50. The Morgan fingerprint density at radius 2 is 2.25 bits per heavy atom. The minimum absolute atomic E-state index is 0.0190. The molecule has 1 atom stereocenters. The number of hydrogen-bond donors (Lipinski definition) is 2. The minimum Gasteiger partial charge on any atom is -0.393 e. The molecule has 1 fully saturated rings. The SMILES string of the molecule is Cc1ccn(CCC(=O)NC(Cc2ccccn2)C2CC(O)C2)n1. The first-order chi connectivity index (χ1) is 11.6. The van der Waals surface area contributed by atoms with Crippen molar-refractivity contribution in [3.63, 3.8) is 0 Å². The van der Waals surface area contributed by atoms with Gasteiger partial charge in [0.2, 0.25) is 5.91 Å². The monoisotopic (exact) mass is 328 g/mol. The lowest BCUT2D eigenvalue weighted by Gasteiger charge is -2.38. The van der Waals surface area contributed by atoms with Crippen LogP contribution in [0.5, 0.6) is 0 Å².